The third-order valence-corrected chi connectivity index (χ3v) is 6.68. The molecule has 0 spiro atoms. The minimum absolute atomic E-state index is 0.0951. The average Bonchev–Trinajstić information content (AvgIpc) is 3.19. The third kappa shape index (κ3) is 5.23. The maximum Gasteiger partial charge on any atom is 0.300 e. The van der Waals surface area contributed by atoms with Crippen LogP contribution in [0, 0.1) is 11.3 Å². The van der Waals surface area contributed by atoms with Crippen LogP contribution < -0.4 is 14.4 Å². The number of aromatic hydroxyl groups is 1. The summed E-state index contributed by atoms with van der Waals surface area (Å²) in [6.07, 6.45) is 0. The van der Waals surface area contributed by atoms with E-state index in [2.05, 4.69) is 0 Å². The molecule has 206 valence electrons. The van der Waals surface area contributed by atoms with E-state index in [9.17, 15) is 25.1 Å². The summed E-state index contributed by atoms with van der Waals surface area (Å²) in [5.74, 6) is -1.27. The monoisotopic (exact) mass is 540 g/mol. The molecule has 3 aromatic rings. The van der Waals surface area contributed by atoms with E-state index >= 15 is 0 Å². The van der Waals surface area contributed by atoms with Crippen LogP contribution in [0.15, 0.2) is 66.2 Å². The van der Waals surface area contributed by atoms with Gasteiger partial charge in [-0.15, -0.1) is 0 Å². The quantitative estimate of drug-likeness (QED) is 0.215. The Bertz CT molecular complexity index is 1530. The molecule has 1 saturated heterocycles. The topological polar surface area (TPSA) is 120 Å². The predicted octanol–water partition coefficient (Wildman–Crippen LogP) is 5.99. The summed E-state index contributed by atoms with van der Waals surface area (Å²) < 4.78 is 11.4. The molecule has 2 N–H and O–H groups in total. The predicted molar refractivity (Wildman–Crippen MR) is 152 cm³/mol. The second-order valence-electron chi connectivity index (χ2n) is 10.4. The fourth-order valence-corrected chi connectivity index (χ4v) is 4.78. The van der Waals surface area contributed by atoms with Crippen molar-refractivity contribution in [3.8, 4) is 23.3 Å². The molecule has 40 heavy (non-hydrogen) atoms. The molecule has 0 aromatic heterocycles. The van der Waals surface area contributed by atoms with Crippen LogP contribution in [0.25, 0.3) is 5.76 Å². The summed E-state index contributed by atoms with van der Waals surface area (Å²) in [7, 11) is 0. The van der Waals surface area contributed by atoms with Crippen molar-refractivity contribution in [2.75, 3.05) is 18.1 Å². The molecule has 0 aliphatic carbocycles. The zero-order chi connectivity index (χ0) is 29.2. The van der Waals surface area contributed by atoms with Gasteiger partial charge in [0.15, 0.2) is 11.5 Å². The Balaban J connectivity index is 1.97. The van der Waals surface area contributed by atoms with Gasteiger partial charge in [-0.1, -0.05) is 26.8 Å². The van der Waals surface area contributed by atoms with E-state index in [1.165, 1.54) is 11.0 Å². The van der Waals surface area contributed by atoms with Crippen molar-refractivity contribution in [1.29, 1.82) is 5.26 Å². The van der Waals surface area contributed by atoms with Crippen LogP contribution in [0.5, 0.6) is 17.2 Å². The number of nitriles is 1. The van der Waals surface area contributed by atoms with Gasteiger partial charge in [0.05, 0.1) is 36.5 Å². The Morgan fingerprint density at radius 2 is 1.60 bits per heavy atom. The summed E-state index contributed by atoms with van der Waals surface area (Å²) >= 11 is 0. The lowest BCUT2D eigenvalue weighted by Gasteiger charge is -2.26. The molecule has 4 rings (SSSR count). The van der Waals surface area contributed by atoms with Gasteiger partial charge in [-0.05, 0) is 79.4 Å². The van der Waals surface area contributed by atoms with Crippen LogP contribution in [0.1, 0.15) is 62.9 Å². The first-order chi connectivity index (χ1) is 19.0. The number of anilines is 1. The van der Waals surface area contributed by atoms with Gasteiger partial charge in [-0.25, -0.2) is 0 Å². The van der Waals surface area contributed by atoms with Gasteiger partial charge in [0.2, 0.25) is 0 Å². The number of benzene rings is 3. The number of rotatable bonds is 7. The van der Waals surface area contributed by atoms with Gasteiger partial charge in [0, 0.05) is 16.8 Å². The molecular weight excluding hydrogens is 508 g/mol. The van der Waals surface area contributed by atoms with E-state index in [4.69, 9.17) is 9.47 Å². The van der Waals surface area contributed by atoms with Crippen LogP contribution in [0.2, 0.25) is 0 Å². The fourth-order valence-electron chi connectivity index (χ4n) is 4.78. The van der Waals surface area contributed by atoms with Gasteiger partial charge in [-0.3, -0.25) is 14.5 Å². The summed E-state index contributed by atoms with van der Waals surface area (Å²) in [5.41, 5.74) is 1.97. The van der Waals surface area contributed by atoms with E-state index in [0.29, 0.717) is 34.7 Å². The van der Waals surface area contributed by atoms with Crippen LogP contribution in [-0.2, 0) is 15.0 Å². The second-order valence-corrected chi connectivity index (χ2v) is 10.4. The lowest BCUT2D eigenvalue weighted by atomic mass is 9.84. The molecule has 1 aliphatic heterocycles. The minimum atomic E-state index is -1.03. The highest BCUT2D eigenvalue weighted by Gasteiger charge is 2.47. The number of phenols is 1. The number of ketones is 1. The summed E-state index contributed by atoms with van der Waals surface area (Å²) in [6.45, 7) is 10.5. The number of hydrogen-bond acceptors (Lipinski definition) is 7. The Labute approximate surface area is 233 Å². The number of phenolic OH excluding ortho intramolecular Hbond substituents is 1. The van der Waals surface area contributed by atoms with E-state index in [1.54, 1.807) is 61.5 Å². The molecule has 1 atom stereocenters. The molecule has 8 nitrogen and oxygen atoms in total. The minimum Gasteiger partial charge on any atom is -0.507 e. The van der Waals surface area contributed by atoms with Crippen molar-refractivity contribution in [2.45, 2.75) is 46.1 Å². The number of carbonyl (C=O) groups excluding carboxylic acids is 2. The molecule has 0 bridgehead atoms. The molecule has 0 radical (unpaired) electrons. The third-order valence-electron chi connectivity index (χ3n) is 6.68. The number of ether oxygens (including phenoxy) is 2. The van der Waals surface area contributed by atoms with E-state index in [-0.39, 0.29) is 34.9 Å². The highest BCUT2D eigenvalue weighted by atomic mass is 16.5. The van der Waals surface area contributed by atoms with E-state index < -0.39 is 17.7 Å². The largest absolute Gasteiger partial charge is 0.507 e. The van der Waals surface area contributed by atoms with Crippen molar-refractivity contribution >= 4 is 23.1 Å². The molecule has 1 amide bonds. The van der Waals surface area contributed by atoms with Gasteiger partial charge < -0.3 is 19.7 Å². The molecule has 0 saturated carbocycles. The highest BCUT2D eigenvalue weighted by Crippen LogP contribution is 2.45. The van der Waals surface area contributed by atoms with Gasteiger partial charge in [-0.2, -0.15) is 5.26 Å². The first-order valence-electron chi connectivity index (χ1n) is 13.1. The smallest absolute Gasteiger partial charge is 0.300 e. The highest BCUT2D eigenvalue weighted by molar-refractivity contribution is 6.51. The van der Waals surface area contributed by atoms with Crippen LogP contribution in [-0.4, -0.2) is 35.1 Å². The number of Topliss-reactive ketones (excluding diaryl/α,β-unsaturated/α-hetero) is 1. The molecule has 1 fully saturated rings. The average molecular weight is 541 g/mol. The maximum atomic E-state index is 13.6. The zero-order valence-corrected chi connectivity index (χ0v) is 23.2. The Hall–Kier alpha value is -4.77. The Morgan fingerprint density at radius 3 is 2.20 bits per heavy atom. The first kappa shape index (κ1) is 28.2. The maximum absolute atomic E-state index is 13.6. The van der Waals surface area contributed by atoms with E-state index in [0.717, 1.165) is 5.56 Å². The second kappa shape index (κ2) is 11.1. The van der Waals surface area contributed by atoms with Crippen molar-refractivity contribution in [2.24, 2.45) is 0 Å². The fraction of sp³-hybridized carbons (Fsp3) is 0.281. The van der Waals surface area contributed by atoms with Crippen LogP contribution in [0.3, 0.4) is 0 Å². The Morgan fingerprint density at radius 1 is 0.950 bits per heavy atom. The molecule has 1 heterocycles. The van der Waals surface area contributed by atoms with Gasteiger partial charge in [0.25, 0.3) is 11.7 Å². The summed E-state index contributed by atoms with van der Waals surface area (Å²) in [4.78, 5) is 28.4. The van der Waals surface area contributed by atoms with Crippen molar-refractivity contribution in [3.05, 3.63) is 88.5 Å². The number of amides is 1. The van der Waals surface area contributed by atoms with Crippen LogP contribution >= 0.6 is 0 Å². The number of hydrogen-bond donors (Lipinski definition) is 2. The van der Waals surface area contributed by atoms with Crippen molar-refractivity contribution < 1.29 is 29.3 Å². The van der Waals surface area contributed by atoms with Gasteiger partial charge in [0.1, 0.15) is 11.5 Å². The number of aliphatic hydroxyl groups excluding tert-OH is 1. The standard InChI is InChI=1S/C32H32N2O6/c1-6-39-25-15-11-21(16-23(25)32(3,4)5)29(36)27-28(20-10-14-24(35)26(17-20)40-7-2)34(31(38)30(27)37)22-12-8-19(18-33)9-13-22/h8-17,28,35-36H,6-7H2,1-5H3/b29-27+. The molecular formula is C32H32N2O6. The normalized spacial score (nSPS) is 16.6. The summed E-state index contributed by atoms with van der Waals surface area (Å²) in [5, 5.41) is 31.2. The SMILES string of the molecule is CCOc1cc(C2/C(=C(\O)c3ccc(OCC)c(C(C)(C)C)c3)C(=O)C(=O)N2c2ccc(C#N)cc2)ccc1O. The van der Waals surface area contributed by atoms with Crippen molar-refractivity contribution in [3.63, 3.8) is 0 Å². The van der Waals surface area contributed by atoms with Gasteiger partial charge >= 0.3 is 0 Å². The lowest BCUT2D eigenvalue weighted by Crippen LogP contribution is -2.29. The molecule has 1 unspecified atom stereocenters. The van der Waals surface area contributed by atoms with Crippen LogP contribution in [0.4, 0.5) is 5.69 Å². The van der Waals surface area contributed by atoms with Crippen molar-refractivity contribution in [1.82, 2.24) is 0 Å². The number of nitrogens with zero attached hydrogens (tertiary/aromatic N) is 2. The lowest BCUT2D eigenvalue weighted by molar-refractivity contribution is -0.132. The molecule has 8 heteroatoms. The van der Waals surface area contributed by atoms with E-state index in [1.807, 2.05) is 33.8 Å². The zero-order valence-electron chi connectivity index (χ0n) is 23.2. The summed E-state index contributed by atoms with van der Waals surface area (Å²) in [6, 6.07) is 17.0. The number of aliphatic hydroxyl groups is 1. The Kier molecular flexibility index (Phi) is 7.87. The molecule has 3 aromatic carbocycles. The molecule has 1 aliphatic rings. The number of carbonyl (C=O) groups is 2. The first-order valence-corrected chi connectivity index (χ1v) is 13.1.